The minimum atomic E-state index is -0.343. The van der Waals surface area contributed by atoms with Crippen molar-refractivity contribution in [1.29, 1.82) is 0 Å². The number of benzene rings is 1. The van der Waals surface area contributed by atoms with E-state index in [1.807, 2.05) is 25.9 Å². The van der Waals surface area contributed by atoms with E-state index in [-0.39, 0.29) is 5.97 Å². The number of likely N-dealkylation sites (N-methyl/N-ethyl adjacent to an activating group) is 1. The number of anilines is 1. The number of rotatable bonds is 8. The number of nitrogen functional groups attached to an aromatic ring is 1. The SMILES string of the molecule is CCCCOC(=O)c1ccc(OCCN(C)C)c(N)c1. The summed E-state index contributed by atoms with van der Waals surface area (Å²) in [7, 11) is 3.95. The van der Waals surface area contributed by atoms with E-state index in [9.17, 15) is 4.79 Å². The third kappa shape index (κ3) is 5.48. The van der Waals surface area contributed by atoms with Gasteiger partial charge in [-0.15, -0.1) is 0 Å². The van der Waals surface area contributed by atoms with Crippen LogP contribution in [0.3, 0.4) is 0 Å². The van der Waals surface area contributed by atoms with E-state index in [0.29, 0.717) is 30.2 Å². The van der Waals surface area contributed by atoms with Crippen LogP contribution in [0, 0.1) is 0 Å². The Hall–Kier alpha value is -1.75. The van der Waals surface area contributed by atoms with E-state index in [1.165, 1.54) is 0 Å². The first-order chi connectivity index (χ1) is 9.54. The first-order valence-corrected chi connectivity index (χ1v) is 6.88. The monoisotopic (exact) mass is 280 g/mol. The molecule has 0 fully saturated rings. The van der Waals surface area contributed by atoms with Crippen LogP contribution in [0.1, 0.15) is 30.1 Å². The molecule has 0 saturated heterocycles. The molecule has 1 aromatic carbocycles. The van der Waals surface area contributed by atoms with E-state index in [1.54, 1.807) is 18.2 Å². The van der Waals surface area contributed by atoms with Crippen LogP contribution in [0.2, 0.25) is 0 Å². The Labute approximate surface area is 120 Å². The molecule has 0 aliphatic carbocycles. The lowest BCUT2D eigenvalue weighted by atomic mass is 10.2. The second-order valence-electron chi connectivity index (χ2n) is 4.89. The molecule has 1 rings (SSSR count). The Morgan fingerprint density at radius 3 is 2.65 bits per heavy atom. The van der Waals surface area contributed by atoms with Gasteiger partial charge in [0.2, 0.25) is 0 Å². The summed E-state index contributed by atoms with van der Waals surface area (Å²) in [4.78, 5) is 13.8. The van der Waals surface area contributed by atoms with Gasteiger partial charge in [-0.2, -0.15) is 0 Å². The van der Waals surface area contributed by atoms with Gasteiger partial charge in [0, 0.05) is 6.54 Å². The summed E-state index contributed by atoms with van der Waals surface area (Å²) in [5, 5.41) is 0. The quantitative estimate of drug-likeness (QED) is 0.449. The van der Waals surface area contributed by atoms with Gasteiger partial charge in [0.15, 0.2) is 0 Å². The maximum atomic E-state index is 11.8. The molecule has 112 valence electrons. The molecule has 0 aromatic heterocycles. The molecule has 2 N–H and O–H groups in total. The molecule has 0 spiro atoms. The largest absolute Gasteiger partial charge is 0.490 e. The van der Waals surface area contributed by atoms with Crippen LogP contribution in [0.4, 0.5) is 5.69 Å². The van der Waals surface area contributed by atoms with Crippen LogP contribution >= 0.6 is 0 Å². The fraction of sp³-hybridized carbons (Fsp3) is 0.533. The van der Waals surface area contributed by atoms with Gasteiger partial charge < -0.3 is 20.1 Å². The van der Waals surface area contributed by atoms with Crippen LogP contribution in [-0.4, -0.2) is 44.7 Å². The molecular weight excluding hydrogens is 256 g/mol. The van der Waals surface area contributed by atoms with Gasteiger partial charge in [0.05, 0.1) is 17.9 Å². The highest BCUT2D eigenvalue weighted by atomic mass is 16.5. The number of nitrogens with zero attached hydrogens (tertiary/aromatic N) is 1. The van der Waals surface area contributed by atoms with Gasteiger partial charge >= 0.3 is 5.97 Å². The molecule has 0 saturated carbocycles. The second kappa shape index (κ2) is 8.43. The minimum absolute atomic E-state index is 0.343. The first kappa shape index (κ1) is 16.3. The van der Waals surface area contributed by atoms with Gasteiger partial charge in [-0.05, 0) is 38.7 Å². The molecule has 20 heavy (non-hydrogen) atoms. The zero-order chi connectivity index (χ0) is 15.0. The number of nitrogens with two attached hydrogens (primary N) is 1. The lowest BCUT2D eigenvalue weighted by Crippen LogP contribution is -2.19. The van der Waals surface area contributed by atoms with Gasteiger partial charge in [0.25, 0.3) is 0 Å². The fourth-order valence-electron chi connectivity index (χ4n) is 1.54. The maximum absolute atomic E-state index is 11.8. The molecule has 0 bridgehead atoms. The van der Waals surface area contributed by atoms with Crippen LogP contribution in [0.5, 0.6) is 5.75 Å². The molecule has 5 nitrogen and oxygen atoms in total. The molecule has 0 aliphatic heterocycles. The average Bonchev–Trinajstić information content (AvgIpc) is 2.40. The van der Waals surface area contributed by atoms with Crippen molar-refractivity contribution in [3.63, 3.8) is 0 Å². The summed E-state index contributed by atoms with van der Waals surface area (Å²) >= 11 is 0. The van der Waals surface area contributed by atoms with E-state index in [4.69, 9.17) is 15.2 Å². The Morgan fingerprint density at radius 2 is 2.05 bits per heavy atom. The first-order valence-electron chi connectivity index (χ1n) is 6.88. The van der Waals surface area contributed by atoms with Crippen molar-refractivity contribution >= 4 is 11.7 Å². The molecule has 0 unspecified atom stereocenters. The highest BCUT2D eigenvalue weighted by Crippen LogP contribution is 2.23. The van der Waals surface area contributed by atoms with E-state index in [2.05, 4.69) is 0 Å². The summed E-state index contributed by atoms with van der Waals surface area (Å²) in [6.45, 7) is 3.85. The number of carbonyl (C=O) groups excluding carboxylic acids is 1. The number of esters is 1. The fourth-order valence-corrected chi connectivity index (χ4v) is 1.54. The zero-order valence-electron chi connectivity index (χ0n) is 12.5. The van der Waals surface area contributed by atoms with Crippen molar-refractivity contribution in [3.8, 4) is 5.75 Å². The standard InChI is InChI=1S/C15H24N2O3/c1-4-5-9-20-15(18)12-6-7-14(13(16)11-12)19-10-8-17(2)3/h6-7,11H,4-5,8-10,16H2,1-3H3. The highest BCUT2D eigenvalue weighted by molar-refractivity contribution is 5.91. The van der Waals surface area contributed by atoms with Gasteiger partial charge in [0.1, 0.15) is 12.4 Å². The van der Waals surface area contributed by atoms with E-state index in [0.717, 1.165) is 19.4 Å². The zero-order valence-corrected chi connectivity index (χ0v) is 12.5. The number of hydrogen-bond donors (Lipinski definition) is 1. The molecule has 0 heterocycles. The Morgan fingerprint density at radius 1 is 1.30 bits per heavy atom. The third-order valence-corrected chi connectivity index (χ3v) is 2.77. The molecule has 1 aromatic rings. The summed E-state index contributed by atoms with van der Waals surface area (Å²) in [6.07, 6.45) is 1.86. The minimum Gasteiger partial charge on any atom is -0.490 e. The van der Waals surface area contributed by atoms with E-state index >= 15 is 0 Å². The van der Waals surface area contributed by atoms with Gasteiger partial charge in [-0.3, -0.25) is 0 Å². The normalized spacial score (nSPS) is 10.6. The van der Waals surface area contributed by atoms with Crippen molar-refractivity contribution in [1.82, 2.24) is 4.90 Å². The molecule has 0 aliphatic rings. The van der Waals surface area contributed by atoms with Crippen molar-refractivity contribution in [2.24, 2.45) is 0 Å². The molecule has 0 amide bonds. The van der Waals surface area contributed by atoms with Crippen molar-refractivity contribution < 1.29 is 14.3 Å². The summed E-state index contributed by atoms with van der Waals surface area (Å²) in [5.74, 6) is 0.252. The number of hydrogen-bond acceptors (Lipinski definition) is 5. The summed E-state index contributed by atoms with van der Waals surface area (Å²) in [6, 6.07) is 4.98. The predicted octanol–water partition coefficient (Wildman–Crippen LogP) is 2.17. The Balaban J connectivity index is 2.56. The van der Waals surface area contributed by atoms with Gasteiger partial charge in [-0.25, -0.2) is 4.79 Å². The van der Waals surface area contributed by atoms with Crippen molar-refractivity contribution in [2.45, 2.75) is 19.8 Å². The summed E-state index contributed by atoms with van der Waals surface area (Å²) < 4.78 is 10.7. The van der Waals surface area contributed by atoms with Crippen molar-refractivity contribution in [2.75, 3.05) is 39.6 Å². The van der Waals surface area contributed by atoms with Crippen LogP contribution < -0.4 is 10.5 Å². The van der Waals surface area contributed by atoms with Crippen molar-refractivity contribution in [3.05, 3.63) is 23.8 Å². The average molecular weight is 280 g/mol. The van der Waals surface area contributed by atoms with E-state index < -0.39 is 0 Å². The van der Waals surface area contributed by atoms with Crippen LogP contribution in [-0.2, 0) is 4.74 Å². The Bertz CT molecular complexity index is 433. The molecular formula is C15H24N2O3. The molecule has 5 heteroatoms. The molecule has 0 radical (unpaired) electrons. The maximum Gasteiger partial charge on any atom is 0.338 e. The Kier molecular flexibility index (Phi) is 6.87. The lowest BCUT2D eigenvalue weighted by Gasteiger charge is -2.13. The predicted molar refractivity (Wildman–Crippen MR) is 80.1 cm³/mol. The lowest BCUT2D eigenvalue weighted by molar-refractivity contribution is 0.0500. The summed E-state index contributed by atoms with van der Waals surface area (Å²) in [5.41, 5.74) is 6.79. The van der Waals surface area contributed by atoms with Gasteiger partial charge in [-0.1, -0.05) is 13.3 Å². The second-order valence-corrected chi connectivity index (χ2v) is 4.89. The molecule has 0 atom stereocenters. The van der Waals surface area contributed by atoms with Crippen LogP contribution in [0.25, 0.3) is 0 Å². The topological polar surface area (TPSA) is 64.8 Å². The van der Waals surface area contributed by atoms with Crippen LogP contribution in [0.15, 0.2) is 18.2 Å². The number of unbranched alkanes of at least 4 members (excludes halogenated alkanes) is 1. The highest BCUT2D eigenvalue weighted by Gasteiger charge is 2.10. The third-order valence-electron chi connectivity index (χ3n) is 2.77. The smallest absolute Gasteiger partial charge is 0.338 e. The number of ether oxygens (including phenoxy) is 2. The number of carbonyl (C=O) groups is 1.